The first-order valence-corrected chi connectivity index (χ1v) is 9.97. The molecule has 1 N–H and O–H groups in total. The Bertz CT molecular complexity index is 809. The van der Waals surface area contributed by atoms with E-state index in [1.807, 2.05) is 33.8 Å². The van der Waals surface area contributed by atoms with Crippen LogP contribution in [-0.4, -0.2) is 15.0 Å². The third kappa shape index (κ3) is 4.51. The summed E-state index contributed by atoms with van der Waals surface area (Å²) < 4.78 is 34.7. The molecule has 0 aromatic heterocycles. The maximum Gasteiger partial charge on any atom is 0.265 e. The Morgan fingerprint density at radius 3 is 2.25 bits per heavy atom. The molecule has 2 aromatic rings. The molecule has 0 saturated heterocycles. The van der Waals surface area contributed by atoms with Crippen molar-refractivity contribution in [1.82, 2.24) is 0 Å². The van der Waals surface area contributed by atoms with Crippen molar-refractivity contribution in [2.75, 3.05) is 11.3 Å². The number of ether oxygens (including phenoxy) is 1. The molecular weight excluding hydrogens is 390 g/mol. The molecule has 0 atom stereocenters. The molecule has 0 saturated carbocycles. The average Bonchev–Trinajstić information content (AvgIpc) is 2.49. The van der Waals surface area contributed by atoms with Gasteiger partial charge in [-0.2, -0.15) is 0 Å². The Balaban J connectivity index is 2.48. The van der Waals surface area contributed by atoms with Gasteiger partial charge in [-0.05, 0) is 54.3 Å². The third-order valence-corrected chi connectivity index (χ3v) is 5.43. The summed E-state index contributed by atoms with van der Waals surface area (Å²) in [7, 11) is -3.75. The van der Waals surface area contributed by atoms with E-state index in [-0.39, 0.29) is 10.3 Å². The van der Waals surface area contributed by atoms with Crippen molar-refractivity contribution >= 4 is 31.6 Å². The smallest absolute Gasteiger partial charge is 0.265 e. The van der Waals surface area contributed by atoms with Gasteiger partial charge >= 0.3 is 0 Å². The van der Waals surface area contributed by atoms with Crippen molar-refractivity contribution in [2.45, 2.75) is 38.0 Å². The van der Waals surface area contributed by atoms with Gasteiger partial charge in [0.1, 0.15) is 10.6 Å². The number of rotatable bonds is 5. The molecule has 0 aliphatic heterocycles. The van der Waals surface area contributed by atoms with Crippen molar-refractivity contribution in [3.05, 3.63) is 52.5 Å². The van der Waals surface area contributed by atoms with Gasteiger partial charge in [-0.1, -0.05) is 42.8 Å². The first kappa shape index (κ1) is 18.8. The fourth-order valence-corrected chi connectivity index (χ4v) is 3.68. The lowest BCUT2D eigenvalue weighted by Crippen LogP contribution is -2.17. The summed E-state index contributed by atoms with van der Waals surface area (Å²) in [5, 5.41) is 0. The molecule has 24 heavy (non-hydrogen) atoms. The number of benzene rings is 2. The van der Waals surface area contributed by atoms with Crippen LogP contribution in [-0.2, 0) is 15.4 Å². The van der Waals surface area contributed by atoms with Crippen molar-refractivity contribution in [1.29, 1.82) is 0 Å². The molecule has 2 rings (SSSR count). The van der Waals surface area contributed by atoms with E-state index in [4.69, 9.17) is 4.74 Å². The van der Waals surface area contributed by atoms with Crippen LogP contribution in [0.15, 0.2) is 51.8 Å². The van der Waals surface area contributed by atoms with Crippen LogP contribution in [0.1, 0.15) is 33.3 Å². The zero-order valence-electron chi connectivity index (χ0n) is 14.3. The number of hydrogen-bond donors (Lipinski definition) is 1. The maximum atomic E-state index is 12.9. The van der Waals surface area contributed by atoms with E-state index in [2.05, 4.69) is 20.7 Å². The summed E-state index contributed by atoms with van der Waals surface area (Å²) in [5.74, 6) is 0.357. The van der Waals surface area contributed by atoms with E-state index in [9.17, 15) is 8.42 Å². The van der Waals surface area contributed by atoms with Crippen molar-refractivity contribution in [2.24, 2.45) is 0 Å². The minimum absolute atomic E-state index is 0.152. The van der Waals surface area contributed by atoms with E-state index in [0.717, 1.165) is 10.0 Å². The highest BCUT2D eigenvalue weighted by atomic mass is 79.9. The van der Waals surface area contributed by atoms with Crippen molar-refractivity contribution in [3.63, 3.8) is 0 Å². The molecule has 6 heteroatoms. The summed E-state index contributed by atoms with van der Waals surface area (Å²) in [6, 6.07) is 12.3. The lowest BCUT2D eigenvalue weighted by Gasteiger charge is -2.21. The van der Waals surface area contributed by atoms with Crippen LogP contribution in [0.4, 0.5) is 5.69 Å². The summed E-state index contributed by atoms with van der Waals surface area (Å²) in [4.78, 5) is 0.152. The summed E-state index contributed by atoms with van der Waals surface area (Å²) in [6.45, 7) is 8.36. The van der Waals surface area contributed by atoms with E-state index in [1.165, 1.54) is 0 Å². The molecule has 0 amide bonds. The molecule has 0 aliphatic rings. The molecule has 0 fully saturated rings. The average molecular weight is 412 g/mol. The molecule has 2 aromatic carbocycles. The highest BCUT2D eigenvalue weighted by Crippen LogP contribution is 2.32. The van der Waals surface area contributed by atoms with Crippen LogP contribution in [0, 0.1) is 0 Å². The second-order valence-electron chi connectivity index (χ2n) is 6.46. The zero-order chi connectivity index (χ0) is 18.0. The number of halogens is 1. The van der Waals surface area contributed by atoms with Gasteiger partial charge in [-0.15, -0.1) is 0 Å². The number of nitrogens with one attached hydrogen (secondary N) is 1. The van der Waals surface area contributed by atoms with Crippen molar-refractivity contribution in [3.8, 4) is 5.75 Å². The molecule has 0 heterocycles. The lowest BCUT2D eigenvalue weighted by atomic mass is 9.87. The van der Waals surface area contributed by atoms with E-state index >= 15 is 0 Å². The van der Waals surface area contributed by atoms with E-state index < -0.39 is 10.0 Å². The Morgan fingerprint density at radius 1 is 1.08 bits per heavy atom. The molecule has 130 valence electrons. The van der Waals surface area contributed by atoms with Crippen LogP contribution in [0.3, 0.4) is 0 Å². The Labute approximate surface area is 152 Å². The predicted octanol–water partition coefficient (Wildman–Crippen LogP) is 4.95. The summed E-state index contributed by atoms with van der Waals surface area (Å²) in [5.41, 5.74) is 1.27. The second-order valence-corrected chi connectivity index (χ2v) is 9.02. The highest BCUT2D eigenvalue weighted by molar-refractivity contribution is 9.10. The Morgan fingerprint density at radius 2 is 1.71 bits per heavy atom. The Hall–Kier alpha value is -1.53. The minimum atomic E-state index is -3.75. The molecule has 4 nitrogen and oxygen atoms in total. The third-order valence-electron chi connectivity index (χ3n) is 3.50. The standard InChI is InChI=1S/C18H22BrNO3S/c1-5-23-16-11-6-13(18(2,3)4)12-17(16)24(21,22)20-15-9-7-14(19)8-10-15/h6-12,20H,5H2,1-4H3. The van der Waals surface area contributed by atoms with Crippen LogP contribution in [0.5, 0.6) is 5.75 Å². The normalized spacial score (nSPS) is 12.0. The molecule has 0 aliphatic carbocycles. The largest absolute Gasteiger partial charge is 0.492 e. The topological polar surface area (TPSA) is 55.4 Å². The summed E-state index contributed by atoms with van der Waals surface area (Å²) in [6.07, 6.45) is 0. The number of sulfonamides is 1. The fraction of sp³-hybridized carbons (Fsp3) is 0.333. The molecular formula is C18H22BrNO3S. The van der Waals surface area contributed by atoms with Crippen LogP contribution < -0.4 is 9.46 Å². The van der Waals surface area contributed by atoms with Crippen LogP contribution >= 0.6 is 15.9 Å². The highest BCUT2D eigenvalue weighted by Gasteiger charge is 2.24. The predicted molar refractivity (Wildman–Crippen MR) is 101 cm³/mol. The van der Waals surface area contributed by atoms with Crippen LogP contribution in [0.25, 0.3) is 0 Å². The van der Waals surface area contributed by atoms with Gasteiger partial charge in [0, 0.05) is 10.2 Å². The molecule has 0 radical (unpaired) electrons. The number of hydrogen-bond acceptors (Lipinski definition) is 3. The number of anilines is 1. The zero-order valence-corrected chi connectivity index (χ0v) is 16.7. The van der Waals surface area contributed by atoms with Gasteiger partial charge in [0.2, 0.25) is 0 Å². The molecule has 0 spiro atoms. The van der Waals surface area contributed by atoms with E-state index in [1.54, 1.807) is 36.4 Å². The van der Waals surface area contributed by atoms with Crippen molar-refractivity contribution < 1.29 is 13.2 Å². The minimum Gasteiger partial charge on any atom is -0.492 e. The summed E-state index contributed by atoms with van der Waals surface area (Å²) >= 11 is 3.34. The SMILES string of the molecule is CCOc1ccc(C(C)(C)C)cc1S(=O)(=O)Nc1ccc(Br)cc1. The van der Waals surface area contributed by atoms with Gasteiger partial charge in [-0.3, -0.25) is 4.72 Å². The van der Waals surface area contributed by atoms with Gasteiger partial charge in [0.25, 0.3) is 10.0 Å². The monoisotopic (exact) mass is 411 g/mol. The Kier molecular flexibility index (Phi) is 5.60. The van der Waals surface area contributed by atoms with Gasteiger partial charge in [-0.25, -0.2) is 8.42 Å². The molecule has 0 bridgehead atoms. The fourth-order valence-electron chi connectivity index (χ4n) is 2.19. The molecule has 0 unspecified atom stereocenters. The van der Waals surface area contributed by atoms with Crippen LogP contribution in [0.2, 0.25) is 0 Å². The quantitative estimate of drug-likeness (QED) is 0.757. The first-order chi connectivity index (χ1) is 11.1. The van der Waals surface area contributed by atoms with Gasteiger partial charge in [0.15, 0.2) is 0 Å². The van der Waals surface area contributed by atoms with E-state index in [0.29, 0.717) is 18.0 Å². The first-order valence-electron chi connectivity index (χ1n) is 7.69. The van der Waals surface area contributed by atoms with Gasteiger partial charge < -0.3 is 4.74 Å². The lowest BCUT2D eigenvalue weighted by molar-refractivity contribution is 0.331. The van der Waals surface area contributed by atoms with Gasteiger partial charge in [0.05, 0.1) is 6.61 Å². The maximum absolute atomic E-state index is 12.9. The second kappa shape index (κ2) is 7.15.